The van der Waals surface area contributed by atoms with Crippen molar-refractivity contribution in [1.82, 2.24) is 20.2 Å². The van der Waals surface area contributed by atoms with Crippen LogP contribution < -0.4 is 10.5 Å². The molecule has 176 valence electrons. The van der Waals surface area contributed by atoms with Crippen LogP contribution in [0.3, 0.4) is 0 Å². The van der Waals surface area contributed by atoms with Crippen molar-refractivity contribution < 1.29 is 14.3 Å². The van der Waals surface area contributed by atoms with Crippen LogP contribution in [0.1, 0.15) is 18.2 Å². The zero-order valence-corrected chi connectivity index (χ0v) is 19.2. The molecule has 0 spiro atoms. The summed E-state index contributed by atoms with van der Waals surface area (Å²) in [5.41, 5.74) is 3.21. The summed E-state index contributed by atoms with van der Waals surface area (Å²) in [6.45, 7) is 1.94. The van der Waals surface area contributed by atoms with Crippen LogP contribution in [0.25, 0.3) is 32.9 Å². The largest absolute Gasteiger partial charge is 0.465 e. The Morgan fingerprint density at radius 3 is 2.71 bits per heavy atom. The fourth-order valence-corrected chi connectivity index (χ4v) is 4.26. The van der Waals surface area contributed by atoms with Crippen LogP contribution in [0.4, 0.5) is 15.1 Å². The number of hydrogen-bond acceptors (Lipinski definition) is 4. The van der Waals surface area contributed by atoms with E-state index in [1.165, 1.54) is 6.07 Å². The van der Waals surface area contributed by atoms with Crippen molar-refractivity contribution in [2.75, 3.05) is 11.4 Å². The third-order valence-electron chi connectivity index (χ3n) is 5.82. The molecule has 0 saturated heterocycles. The molecule has 35 heavy (non-hydrogen) atoms. The fourth-order valence-electron chi connectivity index (χ4n) is 4.09. The molecule has 0 atom stereocenters. The zero-order valence-electron chi connectivity index (χ0n) is 18.5. The summed E-state index contributed by atoms with van der Waals surface area (Å²) >= 11 is 6.13. The van der Waals surface area contributed by atoms with Gasteiger partial charge in [0.05, 0.1) is 22.1 Å². The van der Waals surface area contributed by atoms with Gasteiger partial charge >= 0.3 is 6.09 Å². The van der Waals surface area contributed by atoms with Gasteiger partial charge in [0.1, 0.15) is 5.82 Å². The number of rotatable bonds is 5. The lowest BCUT2D eigenvalue weighted by atomic mass is 9.98. The van der Waals surface area contributed by atoms with Crippen molar-refractivity contribution in [2.45, 2.75) is 13.3 Å². The van der Waals surface area contributed by atoms with Crippen LogP contribution in [0.15, 0.2) is 59.4 Å². The monoisotopic (exact) mass is 491 g/mol. The summed E-state index contributed by atoms with van der Waals surface area (Å²) in [6.07, 6.45) is -0.769. The number of nitrogens with zero attached hydrogens (tertiary/aromatic N) is 3. The molecule has 0 unspecified atom stereocenters. The van der Waals surface area contributed by atoms with E-state index in [0.29, 0.717) is 50.1 Å². The average molecular weight is 492 g/mol. The van der Waals surface area contributed by atoms with E-state index in [1.54, 1.807) is 55.5 Å². The predicted molar refractivity (Wildman–Crippen MR) is 133 cm³/mol. The van der Waals surface area contributed by atoms with Gasteiger partial charge in [-0.25, -0.2) is 24.2 Å². The zero-order chi connectivity index (χ0) is 24.7. The molecule has 0 saturated carbocycles. The first-order valence-corrected chi connectivity index (χ1v) is 11.2. The van der Waals surface area contributed by atoms with E-state index >= 15 is 0 Å². The molecule has 5 rings (SSSR count). The molecule has 0 aliphatic carbocycles. The highest BCUT2D eigenvalue weighted by Gasteiger charge is 2.17. The highest BCUT2D eigenvalue weighted by atomic mass is 35.5. The number of nitrogens with one attached hydrogen (secondary N) is 2. The van der Waals surface area contributed by atoms with Gasteiger partial charge in [-0.1, -0.05) is 23.7 Å². The van der Waals surface area contributed by atoms with Gasteiger partial charge in [0.25, 0.3) is 5.56 Å². The maximum Gasteiger partial charge on any atom is 0.414 e. The van der Waals surface area contributed by atoms with Gasteiger partial charge in [-0.2, -0.15) is 5.10 Å². The van der Waals surface area contributed by atoms with Gasteiger partial charge in [0, 0.05) is 28.9 Å². The van der Waals surface area contributed by atoms with Gasteiger partial charge in [-0.05, 0) is 60.5 Å². The molecular formula is C25H19ClFN5O3. The highest BCUT2D eigenvalue weighted by molar-refractivity contribution is 6.31. The van der Waals surface area contributed by atoms with Crippen molar-refractivity contribution >= 4 is 45.4 Å². The molecule has 5 aromatic rings. The normalized spacial score (nSPS) is 11.3. The second-order valence-corrected chi connectivity index (χ2v) is 8.44. The maximum atomic E-state index is 14.9. The van der Waals surface area contributed by atoms with Gasteiger partial charge in [-0.3, -0.25) is 4.79 Å². The van der Waals surface area contributed by atoms with Gasteiger partial charge < -0.3 is 10.1 Å². The topological polar surface area (TPSA) is 115 Å². The lowest BCUT2D eigenvalue weighted by Crippen LogP contribution is -2.29. The number of aromatic amines is 2. The maximum absolute atomic E-state index is 14.9. The molecule has 8 nitrogen and oxygen atoms in total. The third-order valence-corrected chi connectivity index (χ3v) is 6.05. The second-order valence-electron chi connectivity index (χ2n) is 8.00. The molecule has 0 bridgehead atoms. The summed E-state index contributed by atoms with van der Waals surface area (Å²) in [5.74, 6) is -0.206. The molecular weight excluding hydrogens is 473 g/mol. The Morgan fingerprint density at radius 2 is 1.94 bits per heavy atom. The standard InChI is InChI=1S/C25H19ClFN5O3/c1-2-32(25(34)35)24-28-20-8-4-14(11-22(20)29-24)17-9-13(3-7-19(17)27)10-21-18-12-15(26)5-6-16(18)23(33)31-30-21/h3-9,11-12H,2,10H2,1H3,(H,28,29)(H,31,33)(H,34,35). The van der Waals surface area contributed by atoms with E-state index in [9.17, 15) is 19.1 Å². The van der Waals surface area contributed by atoms with Crippen LogP contribution in [-0.2, 0) is 6.42 Å². The SMILES string of the molecule is CCN(C(=O)O)c1nc2cc(-c3cc(Cc4n[nH]c(=O)c5ccc(Cl)cc45)ccc3F)ccc2[nH]1. The summed E-state index contributed by atoms with van der Waals surface area (Å²) < 4.78 is 14.9. The molecule has 1 amide bonds. The molecule has 0 aliphatic rings. The van der Waals surface area contributed by atoms with E-state index in [-0.39, 0.29) is 18.1 Å². The molecule has 3 aromatic carbocycles. The minimum atomic E-state index is -1.12. The number of halogens is 2. The van der Waals surface area contributed by atoms with Gasteiger partial charge in [0.15, 0.2) is 0 Å². The van der Waals surface area contributed by atoms with Crippen LogP contribution in [0.2, 0.25) is 5.02 Å². The number of benzene rings is 3. The first kappa shape index (κ1) is 22.5. The van der Waals surface area contributed by atoms with Crippen molar-refractivity contribution in [3.63, 3.8) is 0 Å². The molecule has 0 radical (unpaired) electrons. The van der Waals surface area contributed by atoms with Crippen molar-refractivity contribution in [2.24, 2.45) is 0 Å². The van der Waals surface area contributed by atoms with Crippen LogP contribution in [0, 0.1) is 5.82 Å². The summed E-state index contributed by atoms with van der Waals surface area (Å²) in [4.78, 5) is 32.0. The number of imidazole rings is 1. The Morgan fingerprint density at radius 1 is 1.11 bits per heavy atom. The van der Waals surface area contributed by atoms with E-state index < -0.39 is 11.9 Å². The molecule has 3 N–H and O–H groups in total. The number of carbonyl (C=O) groups is 1. The predicted octanol–water partition coefficient (Wildman–Crippen LogP) is 5.35. The second kappa shape index (κ2) is 8.84. The Kier molecular flexibility index (Phi) is 5.70. The number of aromatic nitrogens is 4. The number of amides is 1. The van der Waals surface area contributed by atoms with E-state index in [4.69, 9.17) is 11.6 Å². The number of carboxylic acid groups (broad SMARTS) is 1. The highest BCUT2D eigenvalue weighted by Crippen LogP contribution is 2.29. The Bertz CT molecular complexity index is 1660. The van der Waals surface area contributed by atoms with Crippen LogP contribution in [0.5, 0.6) is 0 Å². The van der Waals surface area contributed by atoms with Gasteiger partial charge in [0.2, 0.25) is 5.95 Å². The lowest BCUT2D eigenvalue weighted by Gasteiger charge is -2.12. The first-order valence-electron chi connectivity index (χ1n) is 10.8. The molecule has 2 heterocycles. The fraction of sp³-hybridized carbons (Fsp3) is 0.120. The molecule has 0 aliphatic heterocycles. The summed E-state index contributed by atoms with van der Waals surface area (Å²) in [6, 6.07) is 15.0. The van der Waals surface area contributed by atoms with Crippen molar-refractivity contribution in [3.05, 3.63) is 87.0 Å². The minimum Gasteiger partial charge on any atom is -0.465 e. The quantitative estimate of drug-likeness (QED) is 0.306. The van der Waals surface area contributed by atoms with E-state index in [1.807, 2.05) is 0 Å². The third kappa shape index (κ3) is 4.22. The van der Waals surface area contributed by atoms with Crippen LogP contribution >= 0.6 is 11.6 Å². The molecule has 0 fully saturated rings. The minimum absolute atomic E-state index is 0.205. The average Bonchev–Trinajstić information content (AvgIpc) is 3.25. The van der Waals surface area contributed by atoms with E-state index in [2.05, 4.69) is 20.2 Å². The first-order chi connectivity index (χ1) is 16.8. The van der Waals surface area contributed by atoms with Crippen molar-refractivity contribution in [3.8, 4) is 11.1 Å². The lowest BCUT2D eigenvalue weighted by molar-refractivity contribution is 0.202. The number of H-pyrrole nitrogens is 2. The Balaban J connectivity index is 1.53. The van der Waals surface area contributed by atoms with Gasteiger partial charge in [-0.15, -0.1) is 0 Å². The molecule has 2 aromatic heterocycles. The van der Waals surface area contributed by atoms with Crippen LogP contribution in [-0.4, -0.2) is 37.9 Å². The number of hydrogen-bond donors (Lipinski definition) is 3. The van der Waals surface area contributed by atoms with Crippen molar-refractivity contribution in [1.29, 1.82) is 0 Å². The Hall–Kier alpha value is -4.24. The number of fused-ring (bicyclic) bond motifs is 2. The molecule has 10 heteroatoms. The summed E-state index contributed by atoms with van der Waals surface area (Å²) in [7, 11) is 0. The number of anilines is 1. The van der Waals surface area contributed by atoms with E-state index in [0.717, 1.165) is 10.5 Å². The Labute approximate surface area is 203 Å². The smallest absolute Gasteiger partial charge is 0.414 e. The summed E-state index contributed by atoms with van der Waals surface area (Å²) in [5, 5.41) is 17.7.